The molecule has 2 rings (SSSR count). The van der Waals surface area contributed by atoms with Crippen molar-refractivity contribution in [2.75, 3.05) is 24.3 Å². The Morgan fingerprint density at radius 2 is 2.05 bits per heavy atom. The van der Waals surface area contributed by atoms with Crippen LogP contribution in [-0.4, -0.2) is 23.6 Å². The highest BCUT2D eigenvalue weighted by Gasteiger charge is 2.03. The zero-order chi connectivity index (χ0) is 14.4. The average molecular weight is 269 g/mol. The van der Waals surface area contributed by atoms with Crippen LogP contribution in [0.2, 0.25) is 0 Å². The zero-order valence-corrected chi connectivity index (χ0v) is 11.3. The van der Waals surface area contributed by atoms with E-state index < -0.39 is 0 Å². The monoisotopic (exact) mass is 269 g/mol. The summed E-state index contributed by atoms with van der Waals surface area (Å²) in [4.78, 5) is 8.52. The second-order valence-corrected chi connectivity index (χ2v) is 4.05. The topological polar surface area (TPSA) is 82.9 Å². The first-order valence-corrected chi connectivity index (χ1v) is 6.09. The summed E-state index contributed by atoms with van der Waals surface area (Å²) >= 11 is 0. The first-order chi connectivity index (χ1) is 9.71. The van der Waals surface area contributed by atoms with Crippen LogP contribution in [0.4, 0.5) is 17.3 Å². The fourth-order valence-electron chi connectivity index (χ4n) is 1.70. The molecule has 0 saturated heterocycles. The number of aromatic nitrogens is 2. The van der Waals surface area contributed by atoms with Crippen molar-refractivity contribution in [3.8, 4) is 11.8 Å². The maximum atomic E-state index is 8.57. The Kier molecular flexibility index (Phi) is 4.35. The summed E-state index contributed by atoms with van der Waals surface area (Å²) in [6.45, 7) is 2.00. The number of nitrogens with one attached hydrogen (secondary N) is 2. The van der Waals surface area contributed by atoms with Crippen LogP contribution >= 0.6 is 0 Å². The van der Waals surface area contributed by atoms with E-state index in [0.717, 1.165) is 11.4 Å². The Morgan fingerprint density at radius 1 is 1.25 bits per heavy atom. The number of rotatable bonds is 5. The molecule has 0 fully saturated rings. The van der Waals surface area contributed by atoms with Gasteiger partial charge in [-0.1, -0.05) is 6.07 Å². The first kappa shape index (κ1) is 13.6. The molecule has 0 spiro atoms. The molecule has 1 aromatic carbocycles. The van der Waals surface area contributed by atoms with Gasteiger partial charge in [-0.25, -0.2) is 9.97 Å². The number of aryl methyl sites for hydroxylation is 1. The molecule has 6 nitrogen and oxygen atoms in total. The minimum absolute atomic E-state index is 0.203. The van der Waals surface area contributed by atoms with Gasteiger partial charge in [0.15, 0.2) is 0 Å². The lowest BCUT2D eigenvalue weighted by Gasteiger charge is -2.09. The van der Waals surface area contributed by atoms with Crippen LogP contribution in [0.5, 0.6) is 5.75 Å². The number of anilines is 3. The van der Waals surface area contributed by atoms with E-state index in [1.807, 2.05) is 30.3 Å². The molecule has 0 aliphatic rings. The summed E-state index contributed by atoms with van der Waals surface area (Å²) in [5.41, 5.74) is 0.869. The molecule has 1 aromatic heterocycles. The van der Waals surface area contributed by atoms with Gasteiger partial charge in [0.25, 0.3) is 0 Å². The van der Waals surface area contributed by atoms with Crippen molar-refractivity contribution >= 4 is 17.3 Å². The summed E-state index contributed by atoms with van der Waals surface area (Å²) in [5.74, 6) is 2.66. The fourth-order valence-corrected chi connectivity index (χ4v) is 1.70. The van der Waals surface area contributed by atoms with Crippen molar-refractivity contribution in [3.05, 3.63) is 36.2 Å². The molecule has 0 bridgehead atoms. The van der Waals surface area contributed by atoms with Crippen LogP contribution in [0.25, 0.3) is 0 Å². The van der Waals surface area contributed by atoms with Gasteiger partial charge >= 0.3 is 0 Å². The van der Waals surface area contributed by atoms with Gasteiger partial charge in [0.2, 0.25) is 0 Å². The lowest BCUT2D eigenvalue weighted by Crippen LogP contribution is -2.05. The predicted octanol–water partition coefficient (Wildman–Crippen LogP) is 2.47. The smallest absolute Gasteiger partial charge is 0.136 e. The van der Waals surface area contributed by atoms with Gasteiger partial charge in [0.05, 0.1) is 13.2 Å². The number of methoxy groups -OCH3 is 1. The summed E-state index contributed by atoms with van der Waals surface area (Å²) in [5, 5.41) is 14.7. The Morgan fingerprint density at radius 3 is 2.80 bits per heavy atom. The molecule has 20 heavy (non-hydrogen) atoms. The van der Waals surface area contributed by atoms with Crippen molar-refractivity contribution < 1.29 is 4.74 Å². The Labute approximate surface area is 117 Å². The van der Waals surface area contributed by atoms with Crippen molar-refractivity contribution in [2.24, 2.45) is 0 Å². The minimum atomic E-state index is 0.203. The van der Waals surface area contributed by atoms with E-state index in [4.69, 9.17) is 10.00 Å². The van der Waals surface area contributed by atoms with Crippen molar-refractivity contribution in [1.29, 1.82) is 5.26 Å². The number of hydrogen-bond donors (Lipinski definition) is 2. The number of nitrogens with zero attached hydrogens (tertiary/aromatic N) is 3. The summed E-state index contributed by atoms with van der Waals surface area (Å²) < 4.78 is 5.17. The molecule has 6 heteroatoms. The van der Waals surface area contributed by atoms with E-state index in [9.17, 15) is 0 Å². The standard InChI is InChI=1S/C14H15N5O/c1-10-17-13(16-7-6-15)9-14(18-10)19-11-4-3-5-12(8-11)20-2/h3-5,8-9H,7H2,1-2H3,(H2,16,17,18,19). The molecule has 2 aromatic rings. The van der Waals surface area contributed by atoms with Gasteiger partial charge in [-0.3, -0.25) is 0 Å². The molecule has 0 unspecified atom stereocenters. The third-order valence-electron chi connectivity index (χ3n) is 2.53. The number of benzene rings is 1. The molecule has 0 amide bonds. The summed E-state index contributed by atoms with van der Waals surface area (Å²) in [6, 6.07) is 11.3. The van der Waals surface area contributed by atoms with E-state index in [-0.39, 0.29) is 6.54 Å². The summed E-state index contributed by atoms with van der Waals surface area (Å²) in [7, 11) is 1.62. The average Bonchev–Trinajstić information content (AvgIpc) is 2.44. The molecule has 1 heterocycles. The molecular formula is C14H15N5O. The lowest BCUT2D eigenvalue weighted by atomic mass is 10.3. The highest BCUT2D eigenvalue weighted by atomic mass is 16.5. The van der Waals surface area contributed by atoms with Crippen molar-refractivity contribution in [1.82, 2.24) is 9.97 Å². The maximum absolute atomic E-state index is 8.57. The van der Waals surface area contributed by atoms with Crippen LogP contribution in [0.3, 0.4) is 0 Å². The van der Waals surface area contributed by atoms with Gasteiger partial charge in [0.1, 0.15) is 29.8 Å². The molecule has 0 radical (unpaired) electrons. The van der Waals surface area contributed by atoms with Gasteiger partial charge in [-0.15, -0.1) is 0 Å². The van der Waals surface area contributed by atoms with Gasteiger partial charge in [-0.2, -0.15) is 5.26 Å². The van der Waals surface area contributed by atoms with E-state index in [2.05, 4.69) is 20.6 Å². The van der Waals surface area contributed by atoms with Crippen LogP contribution in [-0.2, 0) is 0 Å². The quantitative estimate of drug-likeness (QED) is 0.811. The second-order valence-electron chi connectivity index (χ2n) is 4.05. The lowest BCUT2D eigenvalue weighted by molar-refractivity contribution is 0.415. The largest absolute Gasteiger partial charge is 0.497 e. The number of nitriles is 1. The Hall–Kier alpha value is -2.81. The molecule has 0 aliphatic heterocycles. The van der Waals surface area contributed by atoms with Crippen LogP contribution in [0, 0.1) is 18.3 Å². The van der Waals surface area contributed by atoms with Crippen LogP contribution in [0.15, 0.2) is 30.3 Å². The molecule has 2 N–H and O–H groups in total. The highest BCUT2D eigenvalue weighted by Crippen LogP contribution is 2.21. The Bertz CT molecular complexity index is 636. The number of ether oxygens (including phenoxy) is 1. The van der Waals surface area contributed by atoms with E-state index in [1.54, 1.807) is 20.1 Å². The molecule has 102 valence electrons. The normalized spacial score (nSPS) is 9.65. The maximum Gasteiger partial charge on any atom is 0.136 e. The van der Waals surface area contributed by atoms with Crippen LogP contribution < -0.4 is 15.4 Å². The zero-order valence-electron chi connectivity index (χ0n) is 11.3. The SMILES string of the molecule is COc1cccc(Nc2cc(NCC#N)nc(C)n2)c1. The predicted molar refractivity (Wildman–Crippen MR) is 77.1 cm³/mol. The van der Waals surface area contributed by atoms with Gasteiger partial charge in [-0.05, 0) is 19.1 Å². The van der Waals surface area contributed by atoms with Gasteiger partial charge < -0.3 is 15.4 Å². The van der Waals surface area contributed by atoms with Crippen molar-refractivity contribution in [2.45, 2.75) is 6.92 Å². The van der Waals surface area contributed by atoms with E-state index in [1.165, 1.54) is 0 Å². The fraction of sp³-hybridized carbons (Fsp3) is 0.214. The molecule has 0 atom stereocenters. The third kappa shape index (κ3) is 3.59. The van der Waals surface area contributed by atoms with E-state index >= 15 is 0 Å². The highest BCUT2D eigenvalue weighted by molar-refractivity contribution is 5.60. The third-order valence-corrected chi connectivity index (χ3v) is 2.53. The summed E-state index contributed by atoms with van der Waals surface area (Å²) in [6.07, 6.45) is 0. The molecule has 0 aliphatic carbocycles. The van der Waals surface area contributed by atoms with E-state index in [0.29, 0.717) is 17.5 Å². The first-order valence-electron chi connectivity index (χ1n) is 6.09. The molecule has 0 saturated carbocycles. The Balaban J connectivity index is 2.19. The van der Waals surface area contributed by atoms with Crippen LogP contribution in [0.1, 0.15) is 5.82 Å². The van der Waals surface area contributed by atoms with Gasteiger partial charge in [0, 0.05) is 17.8 Å². The second kappa shape index (κ2) is 6.38. The van der Waals surface area contributed by atoms with Crippen molar-refractivity contribution in [3.63, 3.8) is 0 Å². The molecular weight excluding hydrogens is 254 g/mol. The minimum Gasteiger partial charge on any atom is -0.497 e. The number of hydrogen-bond acceptors (Lipinski definition) is 6.